The Kier molecular flexibility index (Phi) is 4.03. The Hall–Kier alpha value is -1.72. The molecule has 0 aromatic heterocycles. The van der Waals surface area contributed by atoms with Crippen molar-refractivity contribution in [3.05, 3.63) is 48.0 Å². The summed E-state index contributed by atoms with van der Waals surface area (Å²) in [6.07, 6.45) is 0. The van der Waals surface area contributed by atoms with E-state index in [0.29, 0.717) is 5.56 Å². The van der Waals surface area contributed by atoms with Crippen molar-refractivity contribution in [2.75, 3.05) is 6.61 Å². The number of carbonyl (C=O) groups excluding carboxylic acids is 2. The van der Waals surface area contributed by atoms with Gasteiger partial charge in [0.25, 0.3) is 5.78 Å². The van der Waals surface area contributed by atoms with E-state index in [1.807, 2.05) is 18.2 Å². The summed E-state index contributed by atoms with van der Waals surface area (Å²) in [6.45, 7) is 1.88. The van der Waals surface area contributed by atoms with Gasteiger partial charge in [-0.25, -0.2) is 4.79 Å². The van der Waals surface area contributed by atoms with Gasteiger partial charge in [-0.3, -0.25) is 4.79 Å². The Balaban J connectivity index is 1.90. The fraction of sp³-hybridized carbons (Fsp3) is 0.125. The quantitative estimate of drug-likeness (QED) is 0.414. The fourth-order valence-electron chi connectivity index (χ4n) is 1.98. The van der Waals surface area contributed by atoms with Crippen LogP contribution in [0.2, 0.25) is 0 Å². The van der Waals surface area contributed by atoms with E-state index < -0.39 is 11.8 Å². The van der Waals surface area contributed by atoms with Crippen molar-refractivity contribution >= 4 is 35.3 Å². The molecule has 3 nitrogen and oxygen atoms in total. The molecule has 106 valence electrons. The predicted octanol–water partition coefficient (Wildman–Crippen LogP) is 4.05. The van der Waals surface area contributed by atoms with Crippen LogP contribution < -0.4 is 0 Å². The van der Waals surface area contributed by atoms with Crippen LogP contribution in [0.3, 0.4) is 0 Å². The first-order chi connectivity index (χ1) is 10.2. The van der Waals surface area contributed by atoms with Gasteiger partial charge in [0.05, 0.1) is 6.61 Å². The molecule has 2 aromatic carbocycles. The van der Waals surface area contributed by atoms with Crippen LogP contribution in [0.1, 0.15) is 17.3 Å². The molecule has 0 atom stereocenters. The second kappa shape index (κ2) is 5.95. The molecule has 0 amide bonds. The number of fused-ring (bicyclic) bond motifs is 2. The highest BCUT2D eigenvalue weighted by Crippen LogP contribution is 2.48. The van der Waals surface area contributed by atoms with Crippen molar-refractivity contribution in [2.24, 2.45) is 0 Å². The summed E-state index contributed by atoms with van der Waals surface area (Å²) in [5.41, 5.74) is 0.375. The van der Waals surface area contributed by atoms with E-state index in [9.17, 15) is 9.59 Å². The molecule has 3 rings (SSSR count). The Morgan fingerprint density at radius 2 is 1.57 bits per heavy atom. The van der Waals surface area contributed by atoms with Crippen LogP contribution in [-0.2, 0) is 9.53 Å². The van der Waals surface area contributed by atoms with Crippen LogP contribution in [0.4, 0.5) is 0 Å². The summed E-state index contributed by atoms with van der Waals surface area (Å²) in [6, 6.07) is 13.5. The van der Waals surface area contributed by atoms with Gasteiger partial charge < -0.3 is 4.74 Å². The van der Waals surface area contributed by atoms with Crippen LogP contribution in [0.5, 0.6) is 0 Å². The van der Waals surface area contributed by atoms with Crippen LogP contribution in [0.25, 0.3) is 0 Å². The van der Waals surface area contributed by atoms with E-state index in [4.69, 9.17) is 4.74 Å². The van der Waals surface area contributed by atoms with Crippen molar-refractivity contribution in [2.45, 2.75) is 26.5 Å². The Labute approximate surface area is 131 Å². The lowest BCUT2D eigenvalue weighted by atomic mass is 10.1. The highest BCUT2D eigenvalue weighted by atomic mass is 32.2. The molecule has 1 heterocycles. The van der Waals surface area contributed by atoms with E-state index in [-0.39, 0.29) is 6.61 Å². The van der Waals surface area contributed by atoms with Gasteiger partial charge in [0.15, 0.2) is 0 Å². The van der Waals surface area contributed by atoms with E-state index in [0.717, 1.165) is 14.7 Å². The van der Waals surface area contributed by atoms with Gasteiger partial charge in [0.2, 0.25) is 0 Å². The van der Waals surface area contributed by atoms with E-state index in [1.54, 1.807) is 42.6 Å². The van der Waals surface area contributed by atoms with Crippen molar-refractivity contribution in [1.29, 1.82) is 0 Å². The number of benzene rings is 2. The monoisotopic (exact) mass is 316 g/mol. The maximum Gasteiger partial charge on any atom is 0.379 e. The highest BCUT2D eigenvalue weighted by molar-refractivity contribution is 8.05. The second-order valence-electron chi connectivity index (χ2n) is 4.36. The molecule has 0 aliphatic carbocycles. The van der Waals surface area contributed by atoms with Crippen molar-refractivity contribution in [1.82, 2.24) is 0 Å². The molecule has 2 aromatic rings. The molecule has 0 fully saturated rings. The first-order valence-electron chi connectivity index (χ1n) is 6.49. The Morgan fingerprint density at radius 1 is 0.952 bits per heavy atom. The summed E-state index contributed by atoms with van der Waals surface area (Å²) >= 11 is 3.29. The third kappa shape index (κ3) is 2.84. The topological polar surface area (TPSA) is 43.4 Å². The molecular formula is C16H12O3S2. The summed E-state index contributed by atoms with van der Waals surface area (Å²) in [7, 11) is 0. The lowest BCUT2D eigenvalue weighted by Crippen LogP contribution is -2.17. The number of ketones is 1. The van der Waals surface area contributed by atoms with Crippen molar-refractivity contribution in [3.63, 3.8) is 0 Å². The number of carbonyl (C=O) groups is 2. The maximum atomic E-state index is 12.0. The Morgan fingerprint density at radius 3 is 2.24 bits per heavy atom. The normalized spacial score (nSPS) is 12.2. The fourth-order valence-corrected chi connectivity index (χ4v) is 4.24. The molecule has 5 heteroatoms. The number of rotatable bonds is 3. The van der Waals surface area contributed by atoms with Crippen LogP contribution in [0.15, 0.2) is 62.0 Å². The smallest absolute Gasteiger partial charge is 0.379 e. The molecule has 0 radical (unpaired) electrons. The third-order valence-electron chi connectivity index (χ3n) is 2.96. The lowest BCUT2D eigenvalue weighted by molar-refractivity contribution is -0.137. The van der Waals surface area contributed by atoms with Crippen LogP contribution >= 0.6 is 23.5 Å². The average molecular weight is 316 g/mol. The summed E-state index contributed by atoms with van der Waals surface area (Å²) < 4.78 is 4.76. The van der Waals surface area contributed by atoms with Gasteiger partial charge in [-0.05, 0) is 37.3 Å². The number of Topliss-reactive ketones (excluding diaryl/α,β-unsaturated/α-hetero) is 1. The van der Waals surface area contributed by atoms with Crippen molar-refractivity contribution in [3.8, 4) is 0 Å². The molecule has 1 aliphatic heterocycles. The zero-order valence-corrected chi connectivity index (χ0v) is 12.9. The zero-order valence-electron chi connectivity index (χ0n) is 11.3. The molecule has 0 bridgehead atoms. The maximum absolute atomic E-state index is 12.0. The van der Waals surface area contributed by atoms with Gasteiger partial charge in [0.1, 0.15) is 0 Å². The minimum Gasteiger partial charge on any atom is -0.460 e. The minimum atomic E-state index is -0.800. The van der Waals surface area contributed by atoms with E-state index >= 15 is 0 Å². The molecule has 1 aliphatic rings. The predicted molar refractivity (Wildman–Crippen MR) is 82.1 cm³/mol. The van der Waals surface area contributed by atoms with E-state index in [2.05, 4.69) is 12.1 Å². The molecule has 0 unspecified atom stereocenters. The minimum absolute atomic E-state index is 0.202. The molecule has 21 heavy (non-hydrogen) atoms. The summed E-state index contributed by atoms with van der Waals surface area (Å²) in [5, 5.41) is 0. The van der Waals surface area contributed by atoms with Gasteiger partial charge in [0, 0.05) is 25.1 Å². The number of esters is 1. The van der Waals surface area contributed by atoms with Crippen LogP contribution in [-0.4, -0.2) is 18.4 Å². The summed E-state index contributed by atoms with van der Waals surface area (Å²) in [4.78, 5) is 28.0. The average Bonchev–Trinajstić information content (AvgIpc) is 2.51. The molecule has 0 spiro atoms. The number of hydrogen-bond acceptors (Lipinski definition) is 5. The largest absolute Gasteiger partial charge is 0.460 e. The van der Waals surface area contributed by atoms with Gasteiger partial charge in [-0.1, -0.05) is 35.7 Å². The standard InChI is InChI=1S/C16H12O3S2/c1-2-19-16(18)15(17)10-7-8-13-14(9-10)21-12-6-4-3-5-11(12)20-13/h3-9H,2H2,1H3. The van der Waals surface area contributed by atoms with E-state index in [1.165, 1.54) is 4.90 Å². The molecular weight excluding hydrogens is 304 g/mol. The molecule has 0 saturated carbocycles. The number of hydrogen-bond donors (Lipinski definition) is 0. The Bertz CT molecular complexity index is 725. The first kappa shape index (κ1) is 14.2. The SMILES string of the molecule is CCOC(=O)C(=O)c1ccc2c(c1)Sc1ccccc1S2. The molecule has 0 saturated heterocycles. The van der Waals surface area contributed by atoms with Gasteiger partial charge in [-0.2, -0.15) is 0 Å². The second-order valence-corrected chi connectivity index (χ2v) is 6.53. The van der Waals surface area contributed by atoms with Crippen LogP contribution in [0, 0.1) is 0 Å². The number of ether oxygens (including phenoxy) is 1. The van der Waals surface area contributed by atoms with Gasteiger partial charge >= 0.3 is 5.97 Å². The third-order valence-corrected chi connectivity index (χ3v) is 5.50. The van der Waals surface area contributed by atoms with Crippen molar-refractivity contribution < 1.29 is 14.3 Å². The zero-order chi connectivity index (χ0) is 14.8. The van der Waals surface area contributed by atoms with Gasteiger partial charge in [-0.15, -0.1) is 0 Å². The lowest BCUT2D eigenvalue weighted by Gasteiger charge is -2.18. The summed E-state index contributed by atoms with van der Waals surface area (Å²) in [5.74, 6) is -1.39. The first-order valence-corrected chi connectivity index (χ1v) is 8.12. The highest BCUT2D eigenvalue weighted by Gasteiger charge is 2.22. The molecule has 0 N–H and O–H groups in total.